The standard InChI is InChI=1S/C47H90N2O22/c1-3-5-7-9-11-13-15-17-19-47(20-18-16-14-12-10-8-6-4-2,25-48-43(66)37(62)35(60)41(27(54)21-50)70-45-39(64)33(58)31(56)29(23-52)68-45)26-49-44(67)38(63)36(61)42(28(55)22-51)71-46-40(65)34(59)32(57)30(24-53)69-46/h27-42,45-46,50-65H,3-26H2,1-2H3,(H,48,66)(H,49,67)/t27-,28-,29-,30-,31+,32+,33+,34+,35-,36-,37-,38-,39-,40-,41-,42-,45+,46+/m1/s1. The zero-order chi connectivity index (χ0) is 53.3. The summed E-state index contributed by atoms with van der Waals surface area (Å²) in [5.41, 5.74) is -1.03. The number of hydrogen-bond donors (Lipinski definition) is 18. The van der Waals surface area contributed by atoms with Crippen LogP contribution in [0.5, 0.6) is 0 Å². The molecule has 0 radical (unpaired) electrons. The van der Waals surface area contributed by atoms with Gasteiger partial charge in [-0.3, -0.25) is 9.59 Å². The van der Waals surface area contributed by atoms with Crippen LogP contribution in [0.3, 0.4) is 0 Å². The Bertz CT molecular complexity index is 1320. The third kappa shape index (κ3) is 20.7. The van der Waals surface area contributed by atoms with E-state index >= 15 is 0 Å². The van der Waals surface area contributed by atoms with Gasteiger partial charge in [0.05, 0.1) is 26.4 Å². The minimum absolute atomic E-state index is 0.256. The number of aliphatic hydroxyl groups excluding tert-OH is 16. The first-order valence-electron chi connectivity index (χ1n) is 25.6. The molecule has 0 spiro atoms. The molecule has 2 amide bonds. The van der Waals surface area contributed by atoms with E-state index < -0.39 is 154 Å². The molecule has 0 bridgehead atoms. The number of ether oxygens (including phenoxy) is 4. The summed E-state index contributed by atoms with van der Waals surface area (Å²) in [6.45, 7) is -0.152. The molecule has 0 aliphatic carbocycles. The van der Waals surface area contributed by atoms with E-state index in [0.717, 1.165) is 89.9 Å². The smallest absolute Gasteiger partial charge is 0.251 e. The lowest BCUT2D eigenvalue weighted by Gasteiger charge is -2.42. The molecular formula is C47H90N2O22. The maximum absolute atomic E-state index is 13.8. The van der Waals surface area contributed by atoms with Gasteiger partial charge in [-0.05, 0) is 12.8 Å². The van der Waals surface area contributed by atoms with E-state index in [1.54, 1.807) is 0 Å². The van der Waals surface area contributed by atoms with E-state index in [0.29, 0.717) is 25.7 Å². The van der Waals surface area contributed by atoms with E-state index in [1.807, 2.05) is 0 Å². The molecule has 24 heteroatoms. The van der Waals surface area contributed by atoms with Gasteiger partial charge in [0.2, 0.25) is 0 Å². The largest absolute Gasteiger partial charge is 0.394 e. The van der Waals surface area contributed by atoms with E-state index in [2.05, 4.69) is 24.5 Å². The molecule has 71 heavy (non-hydrogen) atoms. The molecule has 24 nitrogen and oxygen atoms in total. The van der Waals surface area contributed by atoms with Crippen molar-refractivity contribution in [2.45, 2.75) is 240 Å². The van der Waals surface area contributed by atoms with Crippen LogP contribution in [0.1, 0.15) is 129 Å². The van der Waals surface area contributed by atoms with Gasteiger partial charge in [-0.25, -0.2) is 0 Å². The minimum atomic E-state index is -2.39. The fourth-order valence-corrected chi connectivity index (χ4v) is 8.91. The summed E-state index contributed by atoms with van der Waals surface area (Å²) >= 11 is 0. The van der Waals surface area contributed by atoms with E-state index in [4.69, 9.17) is 18.9 Å². The first kappa shape index (κ1) is 65.3. The van der Waals surface area contributed by atoms with Gasteiger partial charge in [-0.15, -0.1) is 0 Å². The molecule has 2 fully saturated rings. The Morgan fingerprint density at radius 1 is 0.479 bits per heavy atom. The highest BCUT2D eigenvalue weighted by atomic mass is 16.7. The Morgan fingerprint density at radius 3 is 1.08 bits per heavy atom. The molecule has 0 aromatic carbocycles. The summed E-state index contributed by atoms with van der Waals surface area (Å²) in [4.78, 5) is 27.5. The summed E-state index contributed by atoms with van der Waals surface area (Å²) in [5, 5.41) is 172. The SMILES string of the molecule is CCCCCCCCCCC(CCCCCCCCCC)(CNC(=O)[C@H](O)[C@@H](O)[C@H](O[C@@H]1O[C@H](CO)[C@H](O)[C@H](O)[C@H]1O)[C@H](O)CO)CNC(=O)[C@H](O)[C@@H](O)[C@H](O[C@@H]1O[C@H](CO)[C@H](O)[C@H](O)[C@H]1O)[C@H](O)CO. The Balaban J connectivity index is 2.42. The van der Waals surface area contributed by atoms with Crippen molar-refractivity contribution in [3.05, 3.63) is 0 Å². The Morgan fingerprint density at radius 2 is 0.789 bits per heavy atom. The molecule has 0 unspecified atom stereocenters. The van der Waals surface area contributed by atoms with Crippen LogP contribution in [0.4, 0.5) is 0 Å². The fourth-order valence-electron chi connectivity index (χ4n) is 8.91. The molecule has 0 aromatic heterocycles. The number of rotatable bonds is 38. The van der Waals surface area contributed by atoms with Crippen molar-refractivity contribution >= 4 is 11.8 Å². The number of carbonyl (C=O) groups excluding carboxylic acids is 2. The van der Waals surface area contributed by atoms with Crippen LogP contribution < -0.4 is 10.6 Å². The third-order valence-electron chi connectivity index (χ3n) is 13.7. The molecule has 0 saturated carbocycles. The Kier molecular flexibility index (Phi) is 31.9. The normalized spacial score (nSPS) is 28.6. The van der Waals surface area contributed by atoms with Crippen molar-refractivity contribution in [3.63, 3.8) is 0 Å². The number of carbonyl (C=O) groups is 2. The number of hydrogen-bond acceptors (Lipinski definition) is 22. The molecule has 2 saturated heterocycles. The minimum Gasteiger partial charge on any atom is -0.394 e. The number of amides is 2. The quantitative estimate of drug-likeness (QED) is 0.0261. The predicted octanol–water partition coefficient (Wildman–Crippen LogP) is -4.21. The van der Waals surface area contributed by atoms with Crippen LogP contribution in [-0.4, -0.2) is 243 Å². The second-order valence-electron chi connectivity index (χ2n) is 19.4. The molecule has 2 heterocycles. The molecule has 2 rings (SSSR count). The number of unbranched alkanes of at least 4 members (excludes halogenated alkanes) is 14. The number of nitrogens with one attached hydrogen (secondary N) is 2. The average Bonchev–Trinajstić information content (AvgIpc) is 3.37. The van der Waals surface area contributed by atoms with Gasteiger partial charge >= 0.3 is 0 Å². The molecule has 18 N–H and O–H groups in total. The van der Waals surface area contributed by atoms with Crippen molar-refractivity contribution in [1.82, 2.24) is 10.6 Å². The second kappa shape index (κ2) is 34.7. The lowest BCUT2D eigenvalue weighted by Crippen LogP contribution is -2.62. The molecular weight excluding hydrogens is 945 g/mol. The highest BCUT2D eigenvalue weighted by Gasteiger charge is 2.49. The maximum atomic E-state index is 13.8. The zero-order valence-corrected chi connectivity index (χ0v) is 41.5. The summed E-state index contributed by atoms with van der Waals surface area (Å²) in [6.07, 6.45) is -20.0. The zero-order valence-electron chi connectivity index (χ0n) is 41.5. The van der Waals surface area contributed by atoms with Gasteiger partial charge in [0, 0.05) is 18.5 Å². The highest BCUT2D eigenvalue weighted by molar-refractivity contribution is 5.82. The van der Waals surface area contributed by atoms with Crippen LogP contribution in [0.25, 0.3) is 0 Å². The van der Waals surface area contributed by atoms with Gasteiger partial charge in [0.25, 0.3) is 11.8 Å². The highest BCUT2D eigenvalue weighted by Crippen LogP contribution is 2.33. The van der Waals surface area contributed by atoms with Crippen molar-refractivity contribution in [2.75, 3.05) is 39.5 Å². The first-order chi connectivity index (χ1) is 33.8. The topological polar surface area (TPSA) is 419 Å². The predicted molar refractivity (Wildman–Crippen MR) is 250 cm³/mol. The third-order valence-corrected chi connectivity index (χ3v) is 13.7. The molecule has 420 valence electrons. The lowest BCUT2D eigenvalue weighted by molar-refractivity contribution is -0.326. The molecule has 0 aromatic rings. The van der Waals surface area contributed by atoms with Crippen molar-refractivity contribution in [3.8, 4) is 0 Å². The fraction of sp³-hybridized carbons (Fsp3) is 0.957. The van der Waals surface area contributed by atoms with Crippen LogP contribution in [-0.2, 0) is 28.5 Å². The van der Waals surface area contributed by atoms with Gasteiger partial charge in [-0.1, -0.05) is 117 Å². The van der Waals surface area contributed by atoms with Crippen molar-refractivity contribution < 1.29 is 110 Å². The maximum Gasteiger partial charge on any atom is 0.251 e. The monoisotopic (exact) mass is 1030 g/mol. The van der Waals surface area contributed by atoms with Crippen LogP contribution in [0.15, 0.2) is 0 Å². The van der Waals surface area contributed by atoms with E-state index in [9.17, 15) is 91.3 Å². The van der Waals surface area contributed by atoms with Crippen LogP contribution in [0, 0.1) is 5.41 Å². The van der Waals surface area contributed by atoms with Crippen molar-refractivity contribution in [2.24, 2.45) is 5.41 Å². The van der Waals surface area contributed by atoms with Gasteiger partial charge < -0.3 is 111 Å². The van der Waals surface area contributed by atoms with E-state index in [1.165, 1.54) is 0 Å². The van der Waals surface area contributed by atoms with Crippen LogP contribution in [0.2, 0.25) is 0 Å². The molecule has 2 aliphatic heterocycles. The van der Waals surface area contributed by atoms with Gasteiger partial charge in [0.15, 0.2) is 24.8 Å². The van der Waals surface area contributed by atoms with Gasteiger partial charge in [0.1, 0.15) is 85.5 Å². The summed E-state index contributed by atoms with van der Waals surface area (Å²) in [5.74, 6) is -2.40. The van der Waals surface area contributed by atoms with E-state index in [-0.39, 0.29) is 13.1 Å². The second-order valence-corrected chi connectivity index (χ2v) is 19.4. The van der Waals surface area contributed by atoms with Crippen molar-refractivity contribution in [1.29, 1.82) is 0 Å². The summed E-state index contributed by atoms with van der Waals surface area (Å²) in [6, 6.07) is 0. The summed E-state index contributed by atoms with van der Waals surface area (Å²) < 4.78 is 21.6. The van der Waals surface area contributed by atoms with Gasteiger partial charge in [-0.2, -0.15) is 0 Å². The summed E-state index contributed by atoms with van der Waals surface area (Å²) in [7, 11) is 0. The van der Waals surface area contributed by atoms with Crippen LogP contribution >= 0.6 is 0 Å². The lowest BCUT2D eigenvalue weighted by atomic mass is 9.77. The molecule has 2 aliphatic rings. The Labute approximate surface area is 416 Å². The Hall–Kier alpha value is -1.86. The number of aliphatic hydroxyl groups is 16. The first-order valence-corrected chi connectivity index (χ1v) is 25.6. The average molecular weight is 1040 g/mol. The molecule has 18 atom stereocenters.